The van der Waals surface area contributed by atoms with Gasteiger partial charge < -0.3 is 64.6 Å². The van der Waals surface area contributed by atoms with E-state index in [1.807, 2.05) is 98.7 Å². The fourth-order valence-corrected chi connectivity index (χ4v) is 13.0. The van der Waals surface area contributed by atoms with Crippen LogP contribution < -0.4 is 116 Å². The van der Waals surface area contributed by atoms with Gasteiger partial charge in [-0.2, -0.15) is 19.4 Å². The first-order chi connectivity index (χ1) is 47.3. The molecule has 3 aromatic carbocycles. The second-order valence-electron chi connectivity index (χ2n) is 25.0. The van der Waals surface area contributed by atoms with Gasteiger partial charge in [-0.05, 0) is 135 Å². The van der Waals surface area contributed by atoms with Crippen LogP contribution in [0.3, 0.4) is 0 Å². The van der Waals surface area contributed by atoms with Crippen molar-refractivity contribution < 1.29 is 224 Å². The molecule has 2 amide bonds. The first-order valence-electron chi connectivity index (χ1n) is 29.9. The molecule has 0 aliphatic heterocycles. The van der Waals surface area contributed by atoms with Gasteiger partial charge in [-0.1, -0.05) is 124 Å². The number of para-hydroxylation sites is 3. The van der Waals surface area contributed by atoms with Crippen LogP contribution in [0.2, 0.25) is 0 Å². The van der Waals surface area contributed by atoms with E-state index >= 15 is 0 Å². The quantitative estimate of drug-likeness (QED) is 0.00643. The van der Waals surface area contributed by atoms with Crippen LogP contribution in [0.5, 0.6) is 0 Å². The third-order valence-electron chi connectivity index (χ3n) is 8.16. The van der Waals surface area contributed by atoms with Crippen molar-refractivity contribution in [1.29, 1.82) is 0 Å². The maximum Gasteiger partial charge on any atom is 1.00 e. The van der Waals surface area contributed by atoms with E-state index in [1.54, 1.807) is 103 Å². The Morgan fingerprint density at radius 3 is 0.937 bits per heavy atom. The molecule has 3 rings (SSSR count). The summed E-state index contributed by atoms with van der Waals surface area (Å²) in [4.78, 5) is 74.5. The monoisotopic (exact) mass is 1880 g/mol. The summed E-state index contributed by atoms with van der Waals surface area (Å²) in [6.07, 6.45) is 0. The summed E-state index contributed by atoms with van der Waals surface area (Å²) < 4.78 is 190. The van der Waals surface area contributed by atoms with Crippen LogP contribution in [0.1, 0.15) is 118 Å². The van der Waals surface area contributed by atoms with Crippen LogP contribution in [0.4, 0.5) is 17.1 Å². The van der Waals surface area contributed by atoms with Gasteiger partial charge in [-0.3, -0.25) is 42.7 Å². The number of esters is 4. The van der Waals surface area contributed by atoms with Crippen LogP contribution in [0.15, 0.2) is 91.0 Å². The number of primary sulfonamides is 1. The minimum atomic E-state index is -4.22. The molecule has 0 aromatic heterocycles. The molecule has 0 spiro atoms. The number of carbonyl (C=O) groups excluding carboxylic acids is 6. The second-order valence-corrected chi connectivity index (χ2v) is 44.3. The molecule has 0 unspecified atom stereocenters. The number of carbonyl (C=O) groups is 7. The molecule has 0 aliphatic rings. The molecule has 0 radical (unpaired) electrons. The van der Waals surface area contributed by atoms with Crippen molar-refractivity contribution in [2.45, 2.75) is 124 Å². The number of alkyl halides is 1. The van der Waals surface area contributed by atoms with Crippen molar-refractivity contribution in [3.05, 3.63) is 91.0 Å². The standard InChI is InChI=1S/C13H19NO3S.C9H18O4S.C8H10N2O3S.C7H14O4S.C6H7N.C4H7ClO4S.C4H7ClO2.C4H11N.C4H8O5S.CH4.Cl3OP.3Na.O3S.H2O/c1-13(2,3)10-18(16,17)9-12(15)14-11-7-5-4-6-8-11;1-5-13-8(10)6-14(11,12)7-9(2,3)4;9-14(12,13)6-8(11)10-7-4-2-1-3-5-7;1-7(2,3)5-12(10,11)4-6(8)9;7-6-4-2-1-3-5-6;1-2-9-4(6)3-10(5,7)8;1-2-7-4(6)3-5;1-4(2,3)5;1-2-9-4(5)3-10(6,7)8;;1-5(2,3)4;;;;1-4(2)3;/h4-8H,9-10H2,1-3H3,(H,14,15);5-7H2,1-4H3;1-5H,6H2,(H,10,11)(H2,9,12,13);4-5H2,1-3H3,(H,8,9);1-5H,7H2;2-3H2,1H3;2-3H2,1H3;5H2,1-3H3;2-3H2,1H3,(H,6,7,8);1H4;;;;;;1H2/q;;;;;;;;;;;3*+1;-2;/p-1. The molecule has 0 bridgehead atoms. The molecule has 0 heterocycles. The van der Waals surface area contributed by atoms with Gasteiger partial charge in [-0.15, -0.1) is 11.6 Å². The molecule has 0 fully saturated rings. The van der Waals surface area contributed by atoms with Gasteiger partial charge in [0.2, 0.25) is 30.9 Å². The maximum absolute atomic E-state index is 11.8. The predicted octanol–water partition coefficient (Wildman–Crippen LogP) is -0.394. The second kappa shape index (κ2) is 70.9. The van der Waals surface area contributed by atoms with Crippen LogP contribution in [0.25, 0.3) is 0 Å². The van der Waals surface area contributed by atoms with Crippen molar-refractivity contribution >= 4 is 190 Å². The van der Waals surface area contributed by atoms with Crippen LogP contribution in [0, 0.1) is 16.2 Å². The van der Waals surface area contributed by atoms with E-state index in [4.69, 9.17) is 61.5 Å². The number of carboxylic acids is 1. The van der Waals surface area contributed by atoms with E-state index in [1.165, 1.54) is 0 Å². The Labute approximate surface area is 747 Å². The molecular formula is C60H106Cl5N5Na3O30PS7. The summed E-state index contributed by atoms with van der Waals surface area (Å²) in [5, 5.41) is 14.7. The zero-order valence-electron chi connectivity index (χ0n) is 64.9. The zero-order valence-corrected chi connectivity index (χ0v) is 81.2. The summed E-state index contributed by atoms with van der Waals surface area (Å²) in [6.45, 7) is 29.5. The van der Waals surface area contributed by atoms with Crippen molar-refractivity contribution in [2.75, 3.05) is 100 Å². The van der Waals surface area contributed by atoms with E-state index in [-0.39, 0.29) is 172 Å². The molecule has 51 heteroatoms. The van der Waals surface area contributed by atoms with Gasteiger partial charge >= 0.3 is 124 Å². The Morgan fingerprint density at radius 2 is 0.730 bits per heavy atom. The first-order valence-corrected chi connectivity index (χ1v) is 47.1. The average molecular weight is 1880 g/mol. The number of hydrogen-bond acceptors (Lipinski definition) is 31. The maximum atomic E-state index is 11.8. The summed E-state index contributed by atoms with van der Waals surface area (Å²) >= 11 is 18.9. The predicted molar refractivity (Wildman–Crippen MR) is 422 cm³/mol. The number of carboxylic acid groups (broad SMARTS) is 1. The number of anilines is 3. The Hall–Kier alpha value is -2.12. The molecule has 0 aliphatic carbocycles. The van der Waals surface area contributed by atoms with Crippen LogP contribution in [-0.4, -0.2) is 201 Å². The van der Waals surface area contributed by atoms with E-state index in [0.29, 0.717) is 18.0 Å². The number of rotatable bonds is 22. The summed E-state index contributed by atoms with van der Waals surface area (Å²) in [5.41, 5.74) is 11.6. The van der Waals surface area contributed by atoms with E-state index < -0.39 is 145 Å². The number of nitrogens with one attached hydrogen (secondary N) is 2. The molecule has 0 saturated heterocycles. The van der Waals surface area contributed by atoms with Crippen LogP contribution >= 0.6 is 61.2 Å². The van der Waals surface area contributed by atoms with Crippen molar-refractivity contribution in [3.8, 4) is 0 Å². The van der Waals surface area contributed by atoms with Crippen molar-refractivity contribution in [2.24, 2.45) is 27.1 Å². The summed E-state index contributed by atoms with van der Waals surface area (Å²) in [6, 6.07) is 26.9. The number of aliphatic carboxylic acids is 1. The third kappa shape index (κ3) is 143. The molecule has 11 N–H and O–H groups in total. The number of sulfone groups is 3. The fourth-order valence-electron chi connectivity index (χ4n) is 5.87. The molecule has 35 nitrogen and oxygen atoms in total. The number of nitrogen functional groups attached to an aromatic ring is 1. The van der Waals surface area contributed by atoms with Crippen LogP contribution in [-0.2, 0) is 135 Å². The SMILES string of the molecule is C.CC(C)(C)CS(=O)(=O)CC(=O)Nc1ccccc1.CC(C)(C)CS(=O)(=O)CC(=O)O.CC(C)(C)N.CCOC(=O)CCl.CCOC(=O)CS(=O)(=O)CC(C)(C)C.CCOC(=O)CS(=O)(=O)Cl.CCOC(=O)CS(=O)(=O)O.NS(=O)(=O)CC(=O)Nc1ccccc1.Nc1ccccc1.O=P(Cl)(Cl)Cl.O=[S-](=O)[O-].[Na+].[Na+].[Na+].[OH-]. The normalized spacial score (nSPS) is 10.8. The minimum absolute atomic E-state index is 0. The topological polar surface area (TPSA) is 608 Å². The van der Waals surface area contributed by atoms with E-state index in [9.17, 15) is 88.6 Å². The van der Waals surface area contributed by atoms with Gasteiger partial charge in [0.1, 0.15) is 28.9 Å². The number of benzene rings is 3. The Morgan fingerprint density at radius 1 is 0.495 bits per heavy atom. The number of sulfonamides is 1. The molecular weight excluding hydrogens is 1770 g/mol. The van der Waals surface area contributed by atoms with E-state index in [2.05, 4.69) is 63.3 Å². The number of halogens is 5. The van der Waals surface area contributed by atoms with Gasteiger partial charge in [0, 0.05) is 33.3 Å². The number of nitrogens with two attached hydrogens (primary N) is 3. The molecule has 0 saturated carbocycles. The third-order valence-corrected chi connectivity index (χ3v) is 16.5. The molecule has 111 heavy (non-hydrogen) atoms. The van der Waals surface area contributed by atoms with Gasteiger partial charge in [-0.25, -0.2) is 47.2 Å². The Kier molecular flexibility index (Phi) is 88.0. The smallest absolute Gasteiger partial charge is 0.917 e. The number of amides is 2. The Bertz CT molecular complexity index is 3830. The molecule has 0 atom stereocenters. The Balaban J connectivity index is -0.0000000882. The van der Waals surface area contributed by atoms with Gasteiger partial charge in [0.05, 0.1) is 43.7 Å². The van der Waals surface area contributed by atoms with Crippen molar-refractivity contribution in [3.63, 3.8) is 0 Å². The summed E-state index contributed by atoms with van der Waals surface area (Å²) in [5.74, 6) is -9.56. The first kappa shape index (κ1) is 138. The molecule has 636 valence electrons. The van der Waals surface area contributed by atoms with Gasteiger partial charge in [0.15, 0.2) is 41.0 Å². The fraction of sp³-hybridized carbons (Fsp3) is 0.583. The largest absolute Gasteiger partial charge is 1.00 e. The van der Waals surface area contributed by atoms with Crippen molar-refractivity contribution in [1.82, 2.24) is 0 Å². The molecule has 3 aromatic rings. The number of ether oxygens (including phenoxy) is 4. The van der Waals surface area contributed by atoms with E-state index in [0.717, 1.165) is 5.69 Å². The van der Waals surface area contributed by atoms with Gasteiger partial charge in [0.25, 0.3) is 10.1 Å². The zero-order chi connectivity index (χ0) is 85.6. The number of hydrogen-bond donors (Lipinski definition) is 7. The summed E-state index contributed by atoms with van der Waals surface area (Å²) in [7, 11) is -20.2. The average Bonchev–Trinajstić information content (AvgIpc) is 0.879. The minimum Gasteiger partial charge on any atom is -0.917 e.